The molecule has 0 bridgehead atoms. The molecule has 0 atom stereocenters. The highest BCUT2D eigenvalue weighted by molar-refractivity contribution is 7.10. The molecule has 0 radical (unpaired) electrons. The SMILES string of the molecule is Cc1ccc(NC(=O)c2csc(C#CCN)c2)nc1. The van der Waals surface area contributed by atoms with E-state index >= 15 is 0 Å². The summed E-state index contributed by atoms with van der Waals surface area (Å²) in [6.45, 7) is 2.26. The van der Waals surface area contributed by atoms with E-state index in [2.05, 4.69) is 22.1 Å². The maximum atomic E-state index is 12.0. The Labute approximate surface area is 115 Å². The lowest BCUT2D eigenvalue weighted by Crippen LogP contribution is -2.11. The number of anilines is 1. The first-order valence-corrected chi connectivity index (χ1v) is 6.58. The van der Waals surface area contributed by atoms with Crippen molar-refractivity contribution in [1.29, 1.82) is 0 Å². The van der Waals surface area contributed by atoms with Gasteiger partial charge in [-0.25, -0.2) is 4.98 Å². The Morgan fingerprint density at radius 1 is 1.53 bits per heavy atom. The van der Waals surface area contributed by atoms with Gasteiger partial charge in [-0.05, 0) is 24.6 Å². The zero-order valence-electron chi connectivity index (χ0n) is 10.4. The highest BCUT2D eigenvalue weighted by atomic mass is 32.1. The van der Waals surface area contributed by atoms with Crippen LogP contribution in [0.3, 0.4) is 0 Å². The molecule has 2 heterocycles. The van der Waals surface area contributed by atoms with Gasteiger partial charge in [-0.2, -0.15) is 0 Å². The van der Waals surface area contributed by atoms with E-state index in [4.69, 9.17) is 5.73 Å². The summed E-state index contributed by atoms with van der Waals surface area (Å²) in [4.78, 5) is 16.9. The first-order chi connectivity index (χ1) is 9.19. The van der Waals surface area contributed by atoms with Crippen molar-refractivity contribution >= 4 is 23.1 Å². The summed E-state index contributed by atoms with van der Waals surface area (Å²) in [7, 11) is 0. The maximum absolute atomic E-state index is 12.0. The zero-order valence-corrected chi connectivity index (χ0v) is 11.3. The van der Waals surface area contributed by atoms with Gasteiger partial charge in [0.25, 0.3) is 5.91 Å². The molecule has 0 aliphatic carbocycles. The Morgan fingerprint density at radius 3 is 3.05 bits per heavy atom. The van der Waals surface area contributed by atoms with Crippen molar-refractivity contribution in [3.8, 4) is 11.8 Å². The predicted octanol–water partition coefficient (Wildman–Crippen LogP) is 2.01. The van der Waals surface area contributed by atoms with Crippen LogP contribution in [0.5, 0.6) is 0 Å². The van der Waals surface area contributed by atoms with Gasteiger partial charge < -0.3 is 11.1 Å². The van der Waals surface area contributed by atoms with Gasteiger partial charge in [-0.15, -0.1) is 11.3 Å². The summed E-state index contributed by atoms with van der Waals surface area (Å²) in [5, 5.41) is 4.51. The molecule has 2 aromatic heterocycles. The quantitative estimate of drug-likeness (QED) is 0.821. The van der Waals surface area contributed by atoms with Crippen molar-refractivity contribution in [2.45, 2.75) is 6.92 Å². The van der Waals surface area contributed by atoms with Crippen LogP contribution in [0.25, 0.3) is 0 Å². The van der Waals surface area contributed by atoms with Crippen LogP contribution < -0.4 is 11.1 Å². The molecule has 2 rings (SSSR count). The molecule has 0 aromatic carbocycles. The molecule has 0 saturated carbocycles. The molecule has 5 heteroatoms. The number of carbonyl (C=O) groups is 1. The van der Waals surface area contributed by atoms with Gasteiger partial charge in [-0.1, -0.05) is 17.9 Å². The summed E-state index contributed by atoms with van der Waals surface area (Å²) >= 11 is 1.42. The summed E-state index contributed by atoms with van der Waals surface area (Å²) in [6, 6.07) is 5.42. The zero-order chi connectivity index (χ0) is 13.7. The van der Waals surface area contributed by atoms with Gasteiger partial charge >= 0.3 is 0 Å². The first kappa shape index (κ1) is 13.3. The fraction of sp³-hybridized carbons (Fsp3) is 0.143. The van der Waals surface area contributed by atoms with Gasteiger partial charge in [-0.3, -0.25) is 4.79 Å². The Morgan fingerprint density at radius 2 is 2.37 bits per heavy atom. The lowest BCUT2D eigenvalue weighted by atomic mass is 10.3. The summed E-state index contributed by atoms with van der Waals surface area (Å²) in [5.74, 6) is 6.01. The van der Waals surface area contributed by atoms with Gasteiger partial charge in [0.1, 0.15) is 5.82 Å². The molecule has 0 fully saturated rings. The average molecular weight is 271 g/mol. The van der Waals surface area contributed by atoms with Crippen LogP contribution in [0, 0.1) is 18.8 Å². The van der Waals surface area contributed by atoms with Crippen LogP contribution in [0.2, 0.25) is 0 Å². The molecule has 0 unspecified atom stereocenters. The Bertz CT molecular complexity index is 635. The van der Waals surface area contributed by atoms with Crippen molar-refractivity contribution in [3.05, 3.63) is 45.8 Å². The monoisotopic (exact) mass is 271 g/mol. The normalized spacial score (nSPS) is 9.58. The molecule has 3 N–H and O–H groups in total. The number of thiophene rings is 1. The lowest BCUT2D eigenvalue weighted by molar-refractivity contribution is 0.102. The molecule has 4 nitrogen and oxygen atoms in total. The number of carbonyl (C=O) groups excluding carboxylic acids is 1. The molecule has 0 aliphatic heterocycles. The van der Waals surface area contributed by atoms with Crippen LogP contribution in [0.1, 0.15) is 20.8 Å². The Kier molecular flexibility index (Phi) is 4.29. The standard InChI is InChI=1S/C14H13N3OS/c1-10-4-5-13(16-8-10)17-14(18)11-7-12(19-9-11)3-2-6-15/h4-5,7-9H,6,15H2,1H3,(H,16,17,18). The molecular formula is C14H13N3OS. The Hall–Kier alpha value is -2.16. The lowest BCUT2D eigenvalue weighted by Gasteiger charge is -2.02. The number of amides is 1. The number of hydrogen-bond donors (Lipinski definition) is 2. The maximum Gasteiger partial charge on any atom is 0.257 e. The van der Waals surface area contributed by atoms with Gasteiger partial charge in [0.2, 0.25) is 0 Å². The molecule has 0 spiro atoms. The summed E-state index contributed by atoms with van der Waals surface area (Å²) in [6.07, 6.45) is 1.71. The second-order valence-electron chi connectivity index (χ2n) is 3.88. The van der Waals surface area contributed by atoms with Crippen molar-refractivity contribution < 1.29 is 4.79 Å². The van der Waals surface area contributed by atoms with Crippen LogP contribution in [-0.2, 0) is 0 Å². The van der Waals surface area contributed by atoms with Crippen LogP contribution in [-0.4, -0.2) is 17.4 Å². The van der Waals surface area contributed by atoms with Gasteiger partial charge in [0.05, 0.1) is 17.0 Å². The molecule has 19 heavy (non-hydrogen) atoms. The van der Waals surface area contributed by atoms with E-state index in [0.29, 0.717) is 17.9 Å². The number of aromatic nitrogens is 1. The first-order valence-electron chi connectivity index (χ1n) is 5.70. The van der Waals surface area contributed by atoms with E-state index in [-0.39, 0.29) is 5.91 Å². The minimum Gasteiger partial charge on any atom is -0.320 e. The largest absolute Gasteiger partial charge is 0.320 e. The van der Waals surface area contributed by atoms with Gasteiger partial charge in [0.15, 0.2) is 0 Å². The smallest absolute Gasteiger partial charge is 0.257 e. The molecule has 2 aromatic rings. The van der Waals surface area contributed by atoms with Crippen molar-refractivity contribution in [2.24, 2.45) is 5.73 Å². The number of pyridine rings is 1. The van der Waals surface area contributed by atoms with E-state index in [1.54, 1.807) is 23.7 Å². The van der Waals surface area contributed by atoms with Crippen molar-refractivity contribution in [2.75, 3.05) is 11.9 Å². The predicted molar refractivity (Wildman–Crippen MR) is 77.2 cm³/mol. The van der Waals surface area contributed by atoms with E-state index in [0.717, 1.165) is 10.4 Å². The van der Waals surface area contributed by atoms with Crippen molar-refractivity contribution in [1.82, 2.24) is 4.98 Å². The third-order valence-electron chi connectivity index (χ3n) is 2.33. The third-order valence-corrected chi connectivity index (χ3v) is 3.17. The molecule has 0 saturated heterocycles. The Balaban J connectivity index is 2.07. The van der Waals surface area contributed by atoms with Crippen molar-refractivity contribution in [3.63, 3.8) is 0 Å². The second-order valence-corrected chi connectivity index (χ2v) is 4.79. The second kappa shape index (κ2) is 6.14. The number of nitrogens with zero attached hydrogens (tertiary/aromatic N) is 1. The number of nitrogens with two attached hydrogens (primary N) is 1. The number of nitrogens with one attached hydrogen (secondary N) is 1. The van der Waals surface area contributed by atoms with Gasteiger partial charge in [0, 0.05) is 11.6 Å². The van der Waals surface area contributed by atoms with Crippen LogP contribution >= 0.6 is 11.3 Å². The van der Waals surface area contributed by atoms with E-state index in [1.165, 1.54) is 11.3 Å². The molecule has 1 amide bonds. The number of hydrogen-bond acceptors (Lipinski definition) is 4. The van der Waals surface area contributed by atoms with Crippen LogP contribution in [0.15, 0.2) is 29.8 Å². The highest BCUT2D eigenvalue weighted by Crippen LogP contribution is 2.15. The summed E-state index contributed by atoms with van der Waals surface area (Å²) < 4.78 is 0. The minimum atomic E-state index is -0.187. The summed E-state index contributed by atoms with van der Waals surface area (Å²) in [5.41, 5.74) is 6.93. The number of rotatable bonds is 2. The van der Waals surface area contributed by atoms with E-state index in [1.807, 2.05) is 13.0 Å². The average Bonchev–Trinajstić information content (AvgIpc) is 2.88. The van der Waals surface area contributed by atoms with Crippen LogP contribution in [0.4, 0.5) is 5.82 Å². The number of aryl methyl sites for hydroxylation is 1. The molecular weight excluding hydrogens is 258 g/mol. The third kappa shape index (κ3) is 3.65. The molecule has 96 valence electrons. The molecule has 0 aliphatic rings. The van der Waals surface area contributed by atoms with E-state index in [9.17, 15) is 4.79 Å². The highest BCUT2D eigenvalue weighted by Gasteiger charge is 2.08. The fourth-order valence-electron chi connectivity index (χ4n) is 1.39. The fourth-order valence-corrected chi connectivity index (χ4v) is 2.14. The van der Waals surface area contributed by atoms with E-state index < -0.39 is 0 Å². The topological polar surface area (TPSA) is 68.0 Å². The minimum absolute atomic E-state index is 0.187.